The van der Waals surface area contributed by atoms with E-state index in [0.717, 1.165) is 0 Å². The largest absolute Gasteiger partial charge is 0.507 e. The molecule has 3 N–H and O–H groups in total. The number of ether oxygens (including phenoxy) is 1. The van der Waals surface area contributed by atoms with Crippen molar-refractivity contribution in [1.82, 2.24) is 0 Å². The van der Waals surface area contributed by atoms with Gasteiger partial charge in [-0.1, -0.05) is 0 Å². The second-order valence-electron chi connectivity index (χ2n) is 3.07. The van der Waals surface area contributed by atoms with Crippen molar-refractivity contribution < 1.29 is 29.1 Å². The molecule has 5 atom stereocenters. The summed E-state index contributed by atoms with van der Waals surface area (Å²) in [4.78, 5) is 0. The Morgan fingerprint density at radius 1 is 1.36 bits per heavy atom. The van der Waals surface area contributed by atoms with Crippen molar-refractivity contribution in [3.05, 3.63) is 0 Å². The van der Waals surface area contributed by atoms with Gasteiger partial charge in [0.05, 0.1) is 13.2 Å². The molecule has 7 heteroatoms. The van der Waals surface area contributed by atoms with Gasteiger partial charge >= 0.3 is 8.03 Å². The first-order valence-electron chi connectivity index (χ1n) is 4.24. The zero-order valence-corrected chi connectivity index (χ0v) is 8.63. The van der Waals surface area contributed by atoms with Gasteiger partial charge in [0, 0.05) is 6.42 Å². The number of aliphatic hydroxyl groups excluding tert-OH is 3. The fraction of sp³-hybridized carbons (Fsp3) is 1.00. The van der Waals surface area contributed by atoms with E-state index < -0.39 is 32.6 Å². The molecule has 0 amide bonds. The molecule has 0 radical (unpaired) electrons. The maximum atomic E-state index is 10.9. The van der Waals surface area contributed by atoms with E-state index in [1.54, 1.807) is 0 Å². The second-order valence-corrected chi connectivity index (χ2v) is 4.55. The van der Waals surface area contributed by atoms with Crippen LogP contribution < -0.4 is 0 Å². The monoisotopic (exact) mass is 225 g/mol. The predicted molar refractivity (Wildman–Crippen MR) is 47.0 cm³/mol. The molecule has 6 nitrogen and oxygen atoms in total. The first kappa shape index (κ1) is 12.0. The Bertz CT molecular complexity index is 210. The van der Waals surface area contributed by atoms with E-state index in [1.165, 1.54) is 7.11 Å². The molecule has 14 heavy (non-hydrogen) atoms. The minimum atomic E-state index is -1.75. The summed E-state index contributed by atoms with van der Waals surface area (Å²) in [7, 11) is -0.419. The first-order chi connectivity index (χ1) is 6.56. The van der Waals surface area contributed by atoms with Gasteiger partial charge in [-0.25, -0.2) is 0 Å². The van der Waals surface area contributed by atoms with Crippen LogP contribution in [0.25, 0.3) is 0 Å². The van der Waals surface area contributed by atoms with Crippen LogP contribution in [0.5, 0.6) is 0 Å². The Kier molecular flexibility index (Phi) is 4.37. The van der Waals surface area contributed by atoms with Crippen LogP contribution >= 0.6 is 8.03 Å². The van der Waals surface area contributed by atoms with Crippen molar-refractivity contribution in [2.45, 2.75) is 31.0 Å². The highest BCUT2D eigenvalue weighted by atomic mass is 31.1. The second kappa shape index (κ2) is 5.11. The molecule has 1 saturated heterocycles. The molecular formula is C7H14O6P+. The van der Waals surface area contributed by atoms with Crippen LogP contribution in [0.4, 0.5) is 0 Å². The molecule has 1 fully saturated rings. The number of hydrogen-bond acceptors (Lipinski definition) is 6. The third-order valence-electron chi connectivity index (χ3n) is 2.14. The highest BCUT2D eigenvalue weighted by molar-refractivity contribution is 7.39. The predicted octanol–water partition coefficient (Wildman–Crippen LogP) is -0.796. The van der Waals surface area contributed by atoms with Gasteiger partial charge in [-0.05, 0) is 4.57 Å². The summed E-state index contributed by atoms with van der Waals surface area (Å²) >= 11 is 0. The highest BCUT2D eigenvalue weighted by Gasteiger charge is 2.42. The van der Waals surface area contributed by atoms with Gasteiger partial charge in [0.25, 0.3) is 0 Å². The minimum absolute atomic E-state index is 0.229. The van der Waals surface area contributed by atoms with Crippen molar-refractivity contribution in [3.63, 3.8) is 0 Å². The summed E-state index contributed by atoms with van der Waals surface area (Å²) in [6.45, 7) is 0. The smallest absolute Gasteiger partial charge is 0.387 e. The lowest BCUT2D eigenvalue weighted by atomic mass is 10.1. The lowest BCUT2D eigenvalue weighted by Gasteiger charge is -2.10. The average Bonchev–Trinajstić information content (AvgIpc) is 2.42. The highest BCUT2D eigenvalue weighted by Crippen LogP contribution is 2.27. The minimum Gasteiger partial charge on any atom is -0.387 e. The molecule has 1 unspecified atom stereocenters. The third kappa shape index (κ3) is 2.70. The van der Waals surface area contributed by atoms with Crippen LogP contribution in [-0.2, 0) is 13.8 Å². The lowest BCUT2D eigenvalue weighted by Crippen LogP contribution is -2.32. The van der Waals surface area contributed by atoms with Gasteiger partial charge in [-0.3, -0.25) is 0 Å². The molecule has 1 aliphatic heterocycles. The summed E-state index contributed by atoms with van der Waals surface area (Å²) in [5.74, 6) is 0. The topological polar surface area (TPSA) is 96.2 Å². The van der Waals surface area contributed by atoms with E-state index in [0.29, 0.717) is 0 Å². The first-order valence-corrected chi connectivity index (χ1v) is 5.61. The van der Waals surface area contributed by atoms with Crippen LogP contribution in [0.2, 0.25) is 0 Å². The normalized spacial score (nSPS) is 38.7. The molecule has 0 aromatic heterocycles. The molecule has 1 aliphatic rings. The van der Waals surface area contributed by atoms with Crippen molar-refractivity contribution in [3.8, 4) is 0 Å². The zero-order valence-electron chi connectivity index (χ0n) is 7.74. The Morgan fingerprint density at radius 3 is 2.43 bits per heavy atom. The zero-order chi connectivity index (χ0) is 10.7. The molecule has 82 valence electrons. The van der Waals surface area contributed by atoms with Crippen molar-refractivity contribution >= 4 is 8.03 Å². The maximum absolute atomic E-state index is 10.9. The van der Waals surface area contributed by atoms with E-state index in [2.05, 4.69) is 4.52 Å². The fourth-order valence-corrected chi connectivity index (χ4v) is 1.94. The number of hydrogen-bond donors (Lipinski definition) is 3. The lowest BCUT2D eigenvalue weighted by molar-refractivity contribution is -0.127. The summed E-state index contributed by atoms with van der Waals surface area (Å²) in [5, 5.41) is 27.5. The molecule has 1 heterocycles. The molecular weight excluding hydrogens is 211 g/mol. The van der Waals surface area contributed by atoms with Crippen LogP contribution in [0.3, 0.4) is 0 Å². The molecule has 0 aliphatic carbocycles. The van der Waals surface area contributed by atoms with Crippen LogP contribution in [0.15, 0.2) is 0 Å². The quantitative estimate of drug-likeness (QED) is 0.542. The SMILES string of the molecule is CO[P+](=O)CC[C@H]1O[C@@H](O)[C@H](O)[C@@H]1O. The molecule has 0 aromatic carbocycles. The third-order valence-corrected chi connectivity index (χ3v) is 3.17. The Balaban J connectivity index is 2.36. The average molecular weight is 225 g/mol. The molecule has 0 aromatic rings. The van der Waals surface area contributed by atoms with Gasteiger partial charge in [-0.15, -0.1) is 4.52 Å². The fourth-order valence-electron chi connectivity index (χ4n) is 1.29. The molecule has 0 bridgehead atoms. The van der Waals surface area contributed by atoms with E-state index >= 15 is 0 Å². The van der Waals surface area contributed by atoms with E-state index in [-0.39, 0.29) is 12.6 Å². The Hall–Kier alpha value is -0.100. The van der Waals surface area contributed by atoms with Crippen molar-refractivity contribution in [2.24, 2.45) is 0 Å². The van der Waals surface area contributed by atoms with Gasteiger partial charge in [-0.2, -0.15) is 0 Å². The van der Waals surface area contributed by atoms with Gasteiger partial charge in [0.1, 0.15) is 12.2 Å². The Labute approximate surface area is 82.3 Å². The molecule has 0 saturated carbocycles. The van der Waals surface area contributed by atoms with E-state index in [9.17, 15) is 9.67 Å². The Morgan fingerprint density at radius 2 is 2.00 bits per heavy atom. The number of aliphatic hydroxyl groups is 3. The van der Waals surface area contributed by atoms with Crippen molar-refractivity contribution in [1.29, 1.82) is 0 Å². The van der Waals surface area contributed by atoms with Crippen LogP contribution in [-0.4, -0.2) is 53.2 Å². The van der Waals surface area contributed by atoms with Gasteiger partial charge in [0.15, 0.2) is 12.5 Å². The molecule has 1 rings (SSSR count). The summed E-state index contributed by atoms with van der Waals surface area (Å²) in [6, 6.07) is 0. The van der Waals surface area contributed by atoms with E-state index in [4.69, 9.17) is 14.9 Å². The number of rotatable bonds is 4. The molecule has 0 spiro atoms. The maximum Gasteiger partial charge on any atom is 0.507 e. The van der Waals surface area contributed by atoms with Gasteiger partial charge < -0.3 is 20.1 Å². The summed E-state index contributed by atoms with van der Waals surface area (Å²) < 4.78 is 20.3. The van der Waals surface area contributed by atoms with Crippen molar-refractivity contribution in [2.75, 3.05) is 13.3 Å². The summed E-state index contributed by atoms with van der Waals surface area (Å²) in [6.07, 6.45) is -3.97. The van der Waals surface area contributed by atoms with Crippen LogP contribution in [0.1, 0.15) is 6.42 Å². The van der Waals surface area contributed by atoms with Gasteiger partial charge in [0.2, 0.25) is 0 Å². The van der Waals surface area contributed by atoms with Crippen LogP contribution in [0, 0.1) is 0 Å². The standard InChI is InChI=1S/C7H14O6P/c1-12-14(11)3-2-4-5(8)6(9)7(10)13-4/h4-10H,2-3H2,1H3/q+1/t4-,5-,6-,7-/m1/s1. The summed E-state index contributed by atoms with van der Waals surface area (Å²) in [5.41, 5.74) is 0. The van der Waals surface area contributed by atoms with E-state index in [1.807, 2.05) is 0 Å².